The molecule has 1 N–H and O–H groups in total. The third kappa shape index (κ3) is 5.82. The number of furan rings is 1. The number of Topliss-reactive ketones (excluding diaryl/α,β-unsaturated/α-hetero) is 1. The molecule has 1 amide bonds. The van der Waals surface area contributed by atoms with Crippen molar-refractivity contribution >= 4 is 17.7 Å². The quantitative estimate of drug-likeness (QED) is 0.359. The summed E-state index contributed by atoms with van der Waals surface area (Å²) in [5.41, 5.74) is 2.37. The topological polar surface area (TPSA) is 99.8 Å². The van der Waals surface area contributed by atoms with Crippen LogP contribution in [0.4, 0.5) is 0 Å². The van der Waals surface area contributed by atoms with Crippen molar-refractivity contribution in [1.82, 2.24) is 9.88 Å². The zero-order valence-electron chi connectivity index (χ0n) is 16.4. The van der Waals surface area contributed by atoms with Crippen molar-refractivity contribution in [3.8, 4) is 0 Å². The minimum Gasteiger partial charge on any atom is -0.459 e. The smallest absolute Gasteiger partial charge is 0.308 e. The number of nitrogens with zero attached hydrogens (tertiary/aromatic N) is 1. The molecule has 0 saturated carbocycles. The lowest BCUT2D eigenvalue weighted by Gasteiger charge is -2.09. The van der Waals surface area contributed by atoms with E-state index in [1.165, 1.54) is 12.3 Å². The number of hydrogen-bond acceptors (Lipinski definition) is 6. The van der Waals surface area contributed by atoms with Gasteiger partial charge in [-0.1, -0.05) is 0 Å². The molecule has 2 aromatic heterocycles. The number of aromatic nitrogens is 1. The molecule has 2 aromatic rings. The fourth-order valence-electron chi connectivity index (χ4n) is 2.86. The van der Waals surface area contributed by atoms with Crippen molar-refractivity contribution < 1.29 is 28.3 Å². The van der Waals surface area contributed by atoms with Crippen LogP contribution in [0.1, 0.15) is 45.1 Å². The van der Waals surface area contributed by atoms with Crippen molar-refractivity contribution in [2.45, 2.75) is 33.2 Å². The van der Waals surface area contributed by atoms with Gasteiger partial charge in [-0.15, -0.1) is 0 Å². The molecule has 0 bridgehead atoms. The second kappa shape index (κ2) is 10.5. The van der Waals surface area contributed by atoms with Crippen molar-refractivity contribution in [3.63, 3.8) is 0 Å². The number of carbonyl (C=O) groups is 3. The first-order valence-electron chi connectivity index (χ1n) is 9.10. The van der Waals surface area contributed by atoms with Gasteiger partial charge in [0.05, 0.1) is 12.7 Å². The number of carbonyl (C=O) groups excluding carboxylic acids is 3. The molecule has 2 rings (SSSR count). The third-order valence-electron chi connectivity index (χ3n) is 4.33. The zero-order valence-corrected chi connectivity index (χ0v) is 16.4. The Balaban J connectivity index is 1.77. The largest absolute Gasteiger partial charge is 0.459 e. The highest BCUT2D eigenvalue weighted by Crippen LogP contribution is 2.16. The van der Waals surface area contributed by atoms with E-state index in [4.69, 9.17) is 13.9 Å². The van der Waals surface area contributed by atoms with E-state index in [0.29, 0.717) is 12.2 Å². The summed E-state index contributed by atoms with van der Waals surface area (Å²) in [5, 5.41) is 2.55. The molecule has 8 nitrogen and oxygen atoms in total. The van der Waals surface area contributed by atoms with E-state index in [9.17, 15) is 14.4 Å². The maximum absolute atomic E-state index is 12.4. The first-order valence-corrected chi connectivity index (χ1v) is 9.10. The molecule has 0 radical (unpaired) electrons. The van der Waals surface area contributed by atoms with Crippen molar-refractivity contribution in [2.75, 3.05) is 26.9 Å². The van der Waals surface area contributed by atoms with Gasteiger partial charge in [-0.25, -0.2) is 0 Å². The minimum atomic E-state index is -0.554. The number of ketones is 1. The number of hydrogen-bond donors (Lipinski definition) is 1. The van der Waals surface area contributed by atoms with Gasteiger partial charge < -0.3 is 23.8 Å². The molecule has 0 spiro atoms. The Morgan fingerprint density at radius 3 is 2.71 bits per heavy atom. The number of aryl methyl sites for hydroxylation is 1. The van der Waals surface area contributed by atoms with Gasteiger partial charge in [0, 0.05) is 43.8 Å². The van der Waals surface area contributed by atoms with Crippen molar-refractivity contribution in [3.05, 3.63) is 47.2 Å². The van der Waals surface area contributed by atoms with Crippen LogP contribution in [0.3, 0.4) is 0 Å². The summed E-state index contributed by atoms with van der Waals surface area (Å²) in [5.74, 6) is -1.04. The lowest BCUT2D eigenvalue weighted by Crippen LogP contribution is -2.26. The number of ether oxygens (including phenoxy) is 2. The third-order valence-corrected chi connectivity index (χ3v) is 4.33. The summed E-state index contributed by atoms with van der Waals surface area (Å²) in [6.45, 7) is 4.99. The minimum absolute atomic E-state index is 0.0320. The summed E-state index contributed by atoms with van der Waals surface area (Å²) in [7, 11) is 1.65. The van der Waals surface area contributed by atoms with Gasteiger partial charge in [-0.05, 0) is 38.5 Å². The van der Waals surface area contributed by atoms with E-state index in [-0.39, 0.29) is 31.1 Å². The van der Waals surface area contributed by atoms with E-state index in [1.54, 1.807) is 13.2 Å². The number of rotatable bonds is 11. The second-order valence-corrected chi connectivity index (χ2v) is 6.35. The summed E-state index contributed by atoms with van der Waals surface area (Å²) >= 11 is 0. The predicted octanol–water partition coefficient (Wildman–Crippen LogP) is 2.28. The highest BCUT2D eigenvalue weighted by atomic mass is 16.5. The highest BCUT2D eigenvalue weighted by molar-refractivity contribution is 5.99. The van der Waals surface area contributed by atoms with Gasteiger partial charge in [0.15, 0.2) is 12.4 Å². The van der Waals surface area contributed by atoms with Crippen LogP contribution in [0.25, 0.3) is 0 Å². The van der Waals surface area contributed by atoms with Crippen LogP contribution in [-0.4, -0.2) is 49.1 Å². The van der Waals surface area contributed by atoms with Gasteiger partial charge in [0.2, 0.25) is 5.78 Å². The molecule has 0 aliphatic heterocycles. The van der Waals surface area contributed by atoms with Gasteiger partial charge in [0.1, 0.15) is 0 Å². The molecule has 0 aliphatic carbocycles. The van der Waals surface area contributed by atoms with E-state index >= 15 is 0 Å². The SMILES string of the molecule is COCCCn1c(C)cc(C(=O)COC(=O)CCNC(=O)c2ccco2)c1C. The molecule has 0 atom stereocenters. The van der Waals surface area contributed by atoms with Gasteiger partial charge in [-0.2, -0.15) is 0 Å². The predicted molar refractivity (Wildman–Crippen MR) is 101 cm³/mol. The normalized spacial score (nSPS) is 10.7. The lowest BCUT2D eigenvalue weighted by molar-refractivity contribution is -0.142. The molecule has 8 heteroatoms. The Morgan fingerprint density at radius 2 is 2.04 bits per heavy atom. The monoisotopic (exact) mass is 390 g/mol. The average Bonchev–Trinajstić information content (AvgIpc) is 3.30. The van der Waals surface area contributed by atoms with Gasteiger partial charge in [-0.3, -0.25) is 14.4 Å². The van der Waals surface area contributed by atoms with Crippen LogP contribution < -0.4 is 5.32 Å². The van der Waals surface area contributed by atoms with E-state index in [2.05, 4.69) is 9.88 Å². The van der Waals surface area contributed by atoms with Crippen LogP contribution in [0, 0.1) is 13.8 Å². The molecule has 0 unspecified atom stereocenters. The molecule has 2 heterocycles. The molecule has 0 saturated heterocycles. The highest BCUT2D eigenvalue weighted by Gasteiger charge is 2.17. The summed E-state index contributed by atoms with van der Waals surface area (Å²) in [4.78, 5) is 35.9. The molecule has 0 fully saturated rings. The molecular formula is C20H26N2O6. The van der Waals surface area contributed by atoms with Gasteiger partial charge >= 0.3 is 5.97 Å². The van der Waals surface area contributed by atoms with Crippen LogP contribution >= 0.6 is 0 Å². The van der Waals surface area contributed by atoms with E-state index in [1.807, 2.05) is 19.9 Å². The average molecular weight is 390 g/mol. The fourth-order valence-corrected chi connectivity index (χ4v) is 2.86. The van der Waals surface area contributed by atoms with Crippen LogP contribution in [0.5, 0.6) is 0 Å². The maximum Gasteiger partial charge on any atom is 0.308 e. The Bertz CT molecular complexity index is 807. The van der Waals surface area contributed by atoms with Crippen molar-refractivity contribution in [1.29, 1.82) is 0 Å². The Kier molecular flexibility index (Phi) is 8.01. The van der Waals surface area contributed by atoms with E-state index in [0.717, 1.165) is 24.4 Å². The van der Waals surface area contributed by atoms with Gasteiger partial charge in [0.25, 0.3) is 5.91 Å². The molecule has 152 valence electrons. The molecular weight excluding hydrogens is 364 g/mol. The second-order valence-electron chi connectivity index (χ2n) is 6.35. The van der Waals surface area contributed by atoms with E-state index < -0.39 is 11.9 Å². The number of amides is 1. The van der Waals surface area contributed by atoms with Crippen LogP contribution in [-0.2, 0) is 20.8 Å². The first-order chi connectivity index (χ1) is 13.4. The maximum atomic E-state index is 12.4. The summed E-state index contributed by atoms with van der Waals surface area (Å²) in [6.07, 6.45) is 2.21. The molecule has 28 heavy (non-hydrogen) atoms. The van der Waals surface area contributed by atoms with Crippen LogP contribution in [0.15, 0.2) is 28.9 Å². The molecule has 0 aliphatic rings. The zero-order chi connectivity index (χ0) is 20.5. The summed E-state index contributed by atoms with van der Waals surface area (Å²) < 4.78 is 17.1. The Labute approximate surface area is 163 Å². The fraction of sp³-hybridized carbons (Fsp3) is 0.450. The Hall–Kier alpha value is -2.87. The molecule has 0 aromatic carbocycles. The summed E-state index contributed by atoms with van der Waals surface area (Å²) in [6, 6.07) is 4.93. The first kappa shape index (κ1) is 21.4. The van der Waals surface area contributed by atoms with Crippen molar-refractivity contribution in [2.24, 2.45) is 0 Å². The number of nitrogens with one attached hydrogen (secondary N) is 1. The number of esters is 1. The standard InChI is InChI=1S/C20H26N2O6/c1-14-12-16(15(2)22(14)9-5-10-26-3)17(23)13-28-19(24)7-8-21-20(25)18-6-4-11-27-18/h4,6,11-12H,5,7-10,13H2,1-3H3,(H,21,25). The number of methoxy groups -OCH3 is 1. The Morgan fingerprint density at radius 1 is 1.25 bits per heavy atom. The lowest BCUT2D eigenvalue weighted by atomic mass is 10.1. The van der Waals surface area contributed by atoms with Crippen LogP contribution in [0.2, 0.25) is 0 Å².